The fourth-order valence-corrected chi connectivity index (χ4v) is 4.74. The molecule has 2 N–H and O–H groups in total. The summed E-state index contributed by atoms with van der Waals surface area (Å²) in [4.78, 5) is 0. The highest BCUT2D eigenvalue weighted by Crippen LogP contribution is 2.17. The molecule has 0 heterocycles. The first-order valence-electron chi connectivity index (χ1n) is 4.11. The molecule has 6 heteroatoms. The molecule has 0 saturated carbocycles. The van der Waals surface area contributed by atoms with Gasteiger partial charge in [-0.25, -0.2) is 0 Å². The first-order chi connectivity index (χ1) is 6.14. The van der Waals surface area contributed by atoms with Crippen LogP contribution in [-0.4, -0.2) is 47.3 Å². The van der Waals surface area contributed by atoms with Gasteiger partial charge in [0.1, 0.15) is 0 Å². The Hall–Kier alpha value is 0.407. The van der Waals surface area contributed by atoms with Crippen LogP contribution in [0.1, 0.15) is 6.92 Å². The Morgan fingerprint density at radius 2 is 1.69 bits per heavy atom. The molecule has 0 rings (SSSR count). The second kappa shape index (κ2) is 6.80. The number of rotatable bonds is 7. The van der Waals surface area contributed by atoms with Crippen LogP contribution in [0.5, 0.6) is 0 Å². The van der Waals surface area contributed by atoms with Crippen molar-refractivity contribution in [2.75, 3.05) is 33.3 Å². The van der Waals surface area contributed by atoms with Crippen LogP contribution in [0.25, 0.3) is 0 Å². The number of nitrogens with two attached hydrogens (primary N) is 1. The summed E-state index contributed by atoms with van der Waals surface area (Å²) in [6.45, 7) is 2.73. The number of hydrogen-bond donors (Lipinski definition) is 1. The summed E-state index contributed by atoms with van der Waals surface area (Å²) in [5.74, 6) is 0. The highest BCUT2D eigenvalue weighted by atomic mass is 32.2. The van der Waals surface area contributed by atoms with E-state index in [0.717, 1.165) is 5.38 Å². The van der Waals surface area contributed by atoms with Gasteiger partial charge in [0.15, 0.2) is 0 Å². The number of thioether (sulfide) groups is 1. The molecule has 0 amide bonds. The highest BCUT2D eigenvalue weighted by Gasteiger charge is 2.38. The van der Waals surface area contributed by atoms with Crippen molar-refractivity contribution in [3.05, 3.63) is 0 Å². The Labute approximate surface area is 85.5 Å². The third-order valence-electron chi connectivity index (χ3n) is 1.81. The van der Waals surface area contributed by atoms with Crippen LogP contribution in [0.3, 0.4) is 0 Å². The van der Waals surface area contributed by atoms with E-state index in [9.17, 15) is 0 Å². The molecule has 1 atom stereocenters. The summed E-state index contributed by atoms with van der Waals surface area (Å²) in [6.07, 6.45) is 0. The average molecular weight is 225 g/mol. The van der Waals surface area contributed by atoms with Gasteiger partial charge in [-0.05, 0) is 0 Å². The van der Waals surface area contributed by atoms with Crippen molar-refractivity contribution in [2.45, 2.75) is 12.2 Å². The molecule has 0 bridgehead atoms. The van der Waals surface area contributed by atoms with Crippen molar-refractivity contribution in [3.63, 3.8) is 0 Å². The third kappa shape index (κ3) is 4.43. The van der Waals surface area contributed by atoms with Crippen molar-refractivity contribution in [1.29, 1.82) is 0 Å². The first kappa shape index (κ1) is 13.4. The zero-order chi connectivity index (χ0) is 10.3. The molecular formula is C7H19NO3SSi. The molecule has 0 fully saturated rings. The molecule has 0 spiro atoms. The van der Waals surface area contributed by atoms with Gasteiger partial charge < -0.3 is 19.0 Å². The summed E-state index contributed by atoms with van der Waals surface area (Å²) in [7, 11) is 2.46. The molecule has 0 radical (unpaired) electrons. The van der Waals surface area contributed by atoms with E-state index >= 15 is 0 Å². The Bertz CT molecular complexity index is 127. The van der Waals surface area contributed by atoms with E-state index in [0.29, 0.717) is 11.8 Å². The standard InChI is InChI=1S/C7H19NO3SSi/c1-7(5-8)12-6-13(9-2,10-3)11-4/h7H,5-6,8H2,1-4H3. The molecule has 0 aliphatic carbocycles. The molecule has 0 aliphatic rings. The topological polar surface area (TPSA) is 53.7 Å². The van der Waals surface area contributed by atoms with E-state index in [1.54, 1.807) is 33.1 Å². The van der Waals surface area contributed by atoms with Crippen LogP contribution < -0.4 is 5.73 Å². The van der Waals surface area contributed by atoms with Crippen molar-refractivity contribution in [2.24, 2.45) is 5.73 Å². The lowest BCUT2D eigenvalue weighted by Crippen LogP contribution is -2.46. The van der Waals surface area contributed by atoms with Crippen LogP contribution in [-0.2, 0) is 13.3 Å². The van der Waals surface area contributed by atoms with Gasteiger partial charge >= 0.3 is 8.80 Å². The summed E-state index contributed by atoms with van der Waals surface area (Å²) in [6, 6.07) is 0. The van der Waals surface area contributed by atoms with Gasteiger partial charge in [-0.1, -0.05) is 6.92 Å². The monoisotopic (exact) mass is 225 g/mol. The van der Waals surface area contributed by atoms with Crippen LogP contribution in [0.15, 0.2) is 0 Å². The molecule has 0 aromatic rings. The summed E-state index contributed by atoms with van der Waals surface area (Å²) in [5, 5.41) is 1.15. The van der Waals surface area contributed by atoms with E-state index in [1.807, 2.05) is 0 Å². The molecular weight excluding hydrogens is 206 g/mol. The van der Waals surface area contributed by atoms with Crippen molar-refractivity contribution >= 4 is 20.6 Å². The molecule has 0 aromatic heterocycles. The quantitative estimate of drug-likeness (QED) is 0.639. The van der Waals surface area contributed by atoms with Crippen LogP contribution in [0, 0.1) is 0 Å². The van der Waals surface area contributed by atoms with Gasteiger partial charge in [-0.2, -0.15) is 11.8 Å². The Kier molecular flexibility index (Phi) is 7.01. The minimum Gasteiger partial charge on any atom is -0.376 e. The maximum absolute atomic E-state index is 5.50. The lowest BCUT2D eigenvalue weighted by Gasteiger charge is -2.24. The van der Waals surface area contributed by atoms with Gasteiger partial charge in [-0.15, -0.1) is 0 Å². The second-order valence-electron chi connectivity index (χ2n) is 2.65. The molecule has 1 unspecified atom stereocenters. The predicted molar refractivity (Wildman–Crippen MR) is 57.8 cm³/mol. The average Bonchev–Trinajstić information content (AvgIpc) is 2.20. The smallest absolute Gasteiger partial charge is 0.376 e. The number of hydrogen-bond acceptors (Lipinski definition) is 5. The third-order valence-corrected chi connectivity index (χ3v) is 6.52. The van der Waals surface area contributed by atoms with E-state index in [4.69, 9.17) is 19.0 Å². The predicted octanol–water partition coefficient (Wildman–Crippen LogP) is 0.484. The molecule has 0 aromatic carbocycles. The molecule has 13 heavy (non-hydrogen) atoms. The molecule has 80 valence electrons. The summed E-state index contributed by atoms with van der Waals surface area (Å²) < 4.78 is 15.8. The van der Waals surface area contributed by atoms with Crippen LogP contribution >= 0.6 is 11.8 Å². The second-order valence-corrected chi connectivity index (χ2v) is 7.54. The lowest BCUT2D eigenvalue weighted by atomic mass is 10.5. The van der Waals surface area contributed by atoms with Crippen molar-refractivity contribution in [1.82, 2.24) is 0 Å². The summed E-state index contributed by atoms with van der Waals surface area (Å²) in [5.41, 5.74) is 5.50. The van der Waals surface area contributed by atoms with Crippen molar-refractivity contribution < 1.29 is 13.3 Å². The lowest BCUT2D eigenvalue weighted by molar-refractivity contribution is 0.130. The minimum atomic E-state index is -2.39. The SMILES string of the molecule is CO[Si](CSC(C)CN)(OC)OC. The largest absolute Gasteiger partial charge is 0.510 e. The van der Waals surface area contributed by atoms with Crippen molar-refractivity contribution in [3.8, 4) is 0 Å². The van der Waals surface area contributed by atoms with Crippen LogP contribution in [0.4, 0.5) is 0 Å². The summed E-state index contributed by atoms with van der Waals surface area (Å²) >= 11 is 1.72. The molecule has 0 saturated heterocycles. The van der Waals surface area contributed by atoms with Gasteiger partial charge in [0, 0.05) is 33.1 Å². The van der Waals surface area contributed by atoms with E-state index in [1.165, 1.54) is 0 Å². The zero-order valence-electron chi connectivity index (χ0n) is 8.70. The van der Waals surface area contributed by atoms with Gasteiger partial charge in [-0.3, -0.25) is 0 Å². The van der Waals surface area contributed by atoms with Crippen LogP contribution in [0.2, 0.25) is 0 Å². The van der Waals surface area contributed by atoms with Gasteiger partial charge in [0.25, 0.3) is 0 Å². The Morgan fingerprint density at radius 3 is 2.00 bits per heavy atom. The fourth-order valence-electron chi connectivity index (χ4n) is 0.739. The normalized spacial score (nSPS) is 14.5. The maximum atomic E-state index is 5.50. The fraction of sp³-hybridized carbons (Fsp3) is 1.00. The Balaban J connectivity index is 3.95. The van der Waals surface area contributed by atoms with Gasteiger partial charge in [0.2, 0.25) is 0 Å². The zero-order valence-corrected chi connectivity index (χ0v) is 10.5. The molecule has 4 nitrogen and oxygen atoms in total. The van der Waals surface area contributed by atoms with E-state index in [-0.39, 0.29) is 0 Å². The first-order valence-corrected chi connectivity index (χ1v) is 7.09. The van der Waals surface area contributed by atoms with Gasteiger partial charge in [0.05, 0.1) is 5.38 Å². The van der Waals surface area contributed by atoms with E-state index < -0.39 is 8.80 Å². The van der Waals surface area contributed by atoms with E-state index in [2.05, 4.69) is 6.92 Å². The Morgan fingerprint density at radius 1 is 1.23 bits per heavy atom. The highest BCUT2D eigenvalue weighted by molar-refractivity contribution is 8.01. The minimum absolute atomic E-state index is 0.410. The maximum Gasteiger partial charge on any atom is 0.510 e. The molecule has 0 aliphatic heterocycles.